The van der Waals surface area contributed by atoms with Crippen molar-refractivity contribution in [1.29, 1.82) is 0 Å². The topological polar surface area (TPSA) is 69.9 Å². The molecule has 0 aliphatic rings. The molecule has 21 heavy (non-hydrogen) atoms. The quantitative estimate of drug-likeness (QED) is 0.417. The molecule has 0 radical (unpaired) electrons. The van der Waals surface area contributed by atoms with Crippen LogP contribution in [0.5, 0.6) is 0 Å². The highest BCUT2D eigenvalue weighted by molar-refractivity contribution is 9.15. The highest BCUT2D eigenvalue weighted by Gasteiger charge is 2.24. The average Bonchev–Trinajstić information content (AvgIpc) is 2.83. The fraction of sp³-hybridized carbons (Fsp3) is 0.462. The van der Waals surface area contributed by atoms with Crippen LogP contribution in [0.4, 0.5) is 0 Å². The Balaban J connectivity index is 2.87. The summed E-state index contributed by atoms with van der Waals surface area (Å²) in [5.74, 6) is 0.858. The highest BCUT2D eigenvalue weighted by Crippen LogP contribution is 2.44. The molecule has 0 amide bonds. The predicted octanol–water partition coefficient (Wildman–Crippen LogP) is 5.02. The fourth-order valence-corrected chi connectivity index (χ4v) is 4.66. The smallest absolute Gasteiger partial charge is 0.127 e. The van der Waals surface area contributed by atoms with E-state index in [1.807, 2.05) is 0 Å². The van der Waals surface area contributed by atoms with Crippen LogP contribution in [-0.2, 0) is 0 Å². The Kier molecular flexibility index (Phi) is 5.93. The summed E-state index contributed by atoms with van der Waals surface area (Å²) in [6.07, 6.45) is 0.702. The molecule has 8 heteroatoms. The largest absolute Gasteiger partial charge is 0.330 e. The third-order valence-corrected chi connectivity index (χ3v) is 7.98. The molecule has 0 bridgehead atoms. The first-order valence-electron chi connectivity index (χ1n) is 6.50. The maximum Gasteiger partial charge on any atom is 0.127 e. The molecule has 0 spiro atoms. The summed E-state index contributed by atoms with van der Waals surface area (Å²) < 4.78 is 5.91. The van der Waals surface area contributed by atoms with Gasteiger partial charge in [-0.2, -0.15) is 0 Å². The van der Waals surface area contributed by atoms with Crippen LogP contribution in [0.25, 0.3) is 11.0 Å². The van der Waals surface area contributed by atoms with Gasteiger partial charge in [0.25, 0.3) is 0 Å². The standard InChI is InChI=1S/C13H16Br4N4/c1-5(2)21-12-10(17)8(15)7(14)9(16)11(12)20-13(21)6(19)3-4-18/h5-6H,3-4,18-19H2,1-2H3. The van der Waals surface area contributed by atoms with Gasteiger partial charge >= 0.3 is 0 Å². The number of benzene rings is 1. The maximum atomic E-state index is 6.27. The number of hydrogen-bond donors (Lipinski definition) is 2. The summed E-state index contributed by atoms with van der Waals surface area (Å²) in [4.78, 5) is 4.77. The summed E-state index contributed by atoms with van der Waals surface area (Å²) in [5.41, 5.74) is 13.8. The van der Waals surface area contributed by atoms with Crippen LogP contribution in [0.2, 0.25) is 0 Å². The summed E-state index contributed by atoms with van der Waals surface area (Å²) in [7, 11) is 0. The number of nitrogens with two attached hydrogens (primary N) is 2. The fourth-order valence-electron chi connectivity index (χ4n) is 2.31. The number of imidazole rings is 1. The minimum absolute atomic E-state index is 0.179. The van der Waals surface area contributed by atoms with Gasteiger partial charge in [-0.05, 0) is 90.5 Å². The minimum atomic E-state index is -0.179. The molecule has 1 aromatic carbocycles. The summed E-state index contributed by atoms with van der Waals surface area (Å²) in [6, 6.07) is 0.0613. The second-order valence-electron chi connectivity index (χ2n) is 5.07. The van der Waals surface area contributed by atoms with Crippen LogP contribution in [0.1, 0.15) is 38.2 Å². The summed E-state index contributed by atoms with van der Waals surface area (Å²) in [5, 5.41) is 0. The van der Waals surface area contributed by atoms with Crippen molar-refractivity contribution in [3.63, 3.8) is 0 Å². The lowest BCUT2D eigenvalue weighted by Crippen LogP contribution is -2.20. The lowest BCUT2D eigenvalue weighted by molar-refractivity contribution is 0.526. The number of hydrogen-bond acceptors (Lipinski definition) is 3. The van der Waals surface area contributed by atoms with E-state index in [0.717, 1.165) is 34.7 Å². The molecule has 0 saturated carbocycles. The maximum absolute atomic E-state index is 6.27. The van der Waals surface area contributed by atoms with Crippen LogP contribution in [0.15, 0.2) is 17.9 Å². The van der Waals surface area contributed by atoms with Crippen molar-refractivity contribution in [2.24, 2.45) is 11.5 Å². The number of nitrogens with zero attached hydrogens (tertiary/aromatic N) is 2. The van der Waals surface area contributed by atoms with E-state index in [1.54, 1.807) is 0 Å². The van der Waals surface area contributed by atoms with Gasteiger partial charge in [0.15, 0.2) is 0 Å². The van der Waals surface area contributed by atoms with E-state index in [0.29, 0.717) is 13.0 Å². The first-order chi connectivity index (χ1) is 9.81. The third-order valence-electron chi connectivity index (χ3n) is 3.26. The van der Waals surface area contributed by atoms with Crippen molar-refractivity contribution in [3.8, 4) is 0 Å². The van der Waals surface area contributed by atoms with E-state index in [1.165, 1.54) is 0 Å². The molecule has 2 aromatic rings. The second-order valence-corrected chi connectivity index (χ2v) is 8.24. The number of fused-ring (bicyclic) bond motifs is 1. The average molecular weight is 548 g/mol. The Morgan fingerprint density at radius 1 is 1.05 bits per heavy atom. The molecular weight excluding hydrogens is 532 g/mol. The highest BCUT2D eigenvalue weighted by atomic mass is 79.9. The van der Waals surface area contributed by atoms with E-state index >= 15 is 0 Å². The van der Waals surface area contributed by atoms with Gasteiger partial charge in [0.1, 0.15) is 11.3 Å². The van der Waals surface area contributed by atoms with Crippen LogP contribution >= 0.6 is 63.7 Å². The monoisotopic (exact) mass is 544 g/mol. The van der Waals surface area contributed by atoms with Crippen molar-refractivity contribution in [3.05, 3.63) is 23.7 Å². The molecule has 0 saturated heterocycles. The Morgan fingerprint density at radius 3 is 2.14 bits per heavy atom. The van der Waals surface area contributed by atoms with Gasteiger partial charge in [-0.15, -0.1) is 0 Å². The van der Waals surface area contributed by atoms with Crippen LogP contribution in [0, 0.1) is 0 Å². The van der Waals surface area contributed by atoms with Crippen molar-refractivity contribution in [2.45, 2.75) is 32.4 Å². The summed E-state index contributed by atoms with van der Waals surface area (Å²) >= 11 is 14.4. The predicted molar refractivity (Wildman–Crippen MR) is 102 cm³/mol. The van der Waals surface area contributed by atoms with Gasteiger partial charge in [0.05, 0.1) is 20.5 Å². The van der Waals surface area contributed by atoms with Gasteiger partial charge < -0.3 is 16.0 Å². The summed E-state index contributed by atoms with van der Waals surface area (Å²) in [6.45, 7) is 4.78. The van der Waals surface area contributed by atoms with Gasteiger partial charge in [-0.3, -0.25) is 0 Å². The number of rotatable bonds is 4. The zero-order valence-electron chi connectivity index (χ0n) is 11.6. The van der Waals surface area contributed by atoms with Gasteiger partial charge in [-0.1, -0.05) is 0 Å². The molecular formula is C13H16Br4N4. The molecule has 1 aromatic heterocycles. The van der Waals surface area contributed by atoms with E-state index in [-0.39, 0.29) is 12.1 Å². The molecule has 0 fully saturated rings. The molecule has 1 atom stereocenters. The Hall–Kier alpha value is 0.530. The van der Waals surface area contributed by atoms with Crippen molar-refractivity contribution in [2.75, 3.05) is 6.54 Å². The molecule has 2 rings (SSSR count). The van der Waals surface area contributed by atoms with Crippen molar-refractivity contribution < 1.29 is 0 Å². The van der Waals surface area contributed by atoms with Gasteiger partial charge in [0.2, 0.25) is 0 Å². The molecule has 0 aliphatic heterocycles. The van der Waals surface area contributed by atoms with Crippen LogP contribution < -0.4 is 11.5 Å². The number of aromatic nitrogens is 2. The van der Waals surface area contributed by atoms with Crippen LogP contribution in [-0.4, -0.2) is 16.1 Å². The molecule has 1 unspecified atom stereocenters. The van der Waals surface area contributed by atoms with E-state index in [4.69, 9.17) is 16.5 Å². The molecule has 4 N–H and O–H groups in total. The third kappa shape index (κ3) is 3.12. The minimum Gasteiger partial charge on any atom is -0.330 e. The normalized spacial score (nSPS) is 13.4. The zero-order chi connectivity index (χ0) is 15.9. The van der Waals surface area contributed by atoms with Crippen molar-refractivity contribution >= 4 is 74.8 Å². The van der Waals surface area contributed by atoms with Gasteiger partial charge in [-0.25, -0.2) is 4.98 Å². The van der Waals surface area contributed by atoms with Crippen LogP contribution in [0.3, 0.4) is 0 Å². The number of halogens is 4. The van der Waals surface area contributed by atoms with Gasteiger partial charge in [0, 0.05) is 15.0 Å². The second kappa shape index (κ2) is 6.97. The Morgan fingerprint density at radius 2 is 1.62 bits per heavy atom. The first-order valence-corrected chi connectivity index (χ1v) is 9.67. The lowest BCUT2D eigenvalue weighted by Gasteiger charge is -2.18. The zero-order valence-corrected chi connectivity index (χ0v) is 18.0. The molecule has 116 valence electrons. The van der Waals surface area contributed by atoms with Crippen molar-refractivity contribution in [1.82, 2.24) is 9.55 Å². The van der Waals surface area contributed by atoms with E-state index in [2.05, 4.69) is 82.1 Å². The van der Waals surface area contributed by atoms with E-state index < -0.39 is 0 Å². The van der Waals surface area contributed by atoms with E-state index in [9.17, 15) is 0 Å². The lowest BCUT2D eigenvalue weighted by atomic mass is 10.2. The SMILES string of the molecule is CC(C)n1c(C(N)CCN)nc2c(Br)c(Br)c(Br)c(Br)c21. The molecule has 1 heterocycles. The molecule has 0 aliphatic carbocycles. The first kappa shape index (κ1) is 17.9. The molecule has 4 nitrogen and oxygen atoms in total. The Bertz CT molecular complexity index is 681. The Labute approximate surface area is 157 Å².